The van der Waals surface area contributed by atoms with Gasteiger partial charge >= 0.3 is 0 Å². The first kappa shape index (κ1) is 17.0. The topological polar surface area (TPSA) is 45.2 Å². The summed E-state index contributed by atoms with van der Waals surface area (Å²) in [6.45, 7) is 4.02. The van der Waals surface area contributed by atoms with Crippen molar-refractivity contribution in [2.24, 2.45) is 0 Å². The molecular weight excluding hydrogens is 366 g/mol. The number of carbonyl (C=O) groups excluding carboxylic acids is 1. The van der Waals surface area contributed by atoms with Gasteiger partial charge in [-0.05, 0) is 55.7 Å². The number of anilines is 2. The number of hydrogen-bond donors (Lipinski definition) is 1. The van der Waals surface area contributed by atoms with Gasteiger partial charge in [0.25, 0.3) is 5.91 Å². The standard InChI is InChI=1S/C19H22BrN3O/c1-14-12-16(20)6-7-17(14)22-19(24)15-8-9-21-18(13-15)23-10-4-2-3-5-11-23/h6-9,12-13H,2-5,10-11H2,1H3,(H,22,24). The SMILES string of the molecule is Cc1cc(Br)ccc1NC(=O)c1ccnc(N2CCCCCC2)c1. The maximum Gasteiger partial charge on any atom is 0.255 e. The van der Waals surface area contributed by atoms with Gasteiger partial charge in [0.05, 0.1) is 0 Å². The summed E-state index contributed by atoms with van der Waals surface area (Å²) in [6.07, 6.45) is 6.66. The molecule has 5 heteroatoms. The molecule has 126 valence electrons. The molecular formula is C19H22BrN3O. The van der Waals surface area contributed by atoms with Crippen LogP contribution in [0.2, 0.25) is 0 Å². The van der Waals surface area contributed by atoms with E-state index in [9.17, 15) is 4.79 Å². The van der Waals surface area contributed by atoms with Crippen molar-refractivity contribution < 1.29 is 4.79 Å². The van der Waals surface area contributed by atoms with Crippen LogP contribution in [-0.2, 0) is 0 Å². The van der Waals surface area contributed by atoms with E-state index < -0.39 is 0 Å². The van der Waals surface area contributed by atoms with Crippen LogP contribution in [0.4, 0.5) is 11.5 Å². The van der Waals surface area contributed by atoms with Gasteiger partial charge in [-0.15, -0.1) is 0 Å². The quantitative estimate of drug-likeness (QED) is 0.823. The van der Waals surface area contributed by atoms with Crippen molar-refractivity contribution in [3.8, 4) is 0 Å². The van der Waals surface area contributed by atoms with Gasteiger partial charge in [-0.1, -0.05) is 28.8 Å². The van der Waals surface area contributed by atoms with E-state index in [4.69, 9.17) is 0 Å². The molecule has 1 fully saturated rings. The number of aromatic nitrogens is 1. The molecule has 0 spiro atoms. The van der Waals surface area contributed by atoms with Gasteiger partial charge < -0.3 is 10.2 Å². The number of nitrogens with zero attached hydrogens (tertiary/aromatic N) is 2. The lowest BCUT2D eigenvalue weighted by Gasteiger charge is -2.21. The van der Waals surface area contributed by atoms with Crippen LogP contribution >= 0.6 is 15.9 Å². The average Bonchev–Trinajstić information content (AvgIpc) is 2.87. The van der Waals surface area contributed by atoms with Crippen LogP contribution in [0.25, 0.3) is 0 Å². The Morgan fingerprint density at radius 3 is 2.58 bits per heavy atom. The second-order valence-electron chi connectivity index (χ2n) is 6.22. The molecule has 0 unspecified atom stereocenters. The zero-order valence-electron chi connectivity index (χ0n) is 13.9. The molecule has 1 N–H and O–H groups in total. The maximum absolute atomic E-state index is 12.6. The number of rotatable bonds is 3. The number of carbonyl (C=O) groups is 1. The first-order valence-corrected chi connectivity index (χ1v) is 9.21. The summed E-state index contributed by atoms with van der Waals surface area (Å²) in [7, 11) is 0. The van der Waals surface area contributed by atoms with E-state index in [0.717, 1.165) is 34.6 Å². The maximum atomic E-state index is 12.6. The van der Waals surface area contributed by atoms with Crippen LogP contribution in [0.5, 0.6) is 0 Å². The third kappa shape index (κ3) is 4.15. The summed E-state index contributed by atoms with van der Waals surface area (Å²) in [4.78, 5) is 19.3. The van der Waals surface area contributed by atoms with Gasteiger partial charge in [0.2, 0.25) is 0 Å². The van der Waals surface area contributed by atoms with E-state index in [2.05, 4.69) is 31.1 Å². The van der Waals surface area contributed by atoms with Gasteiger partial charge in [0.1, 0.15) is 5.82 Å². The van der Waals surface area contributed by atoms with Crippen molar-refractivity contribution in [3.63, 3.8) is 0 Å². The molecule has 24 heavy (non-hydrogen) atoms. The molecule has 4 nitrogen and oxygen atoms in total. The zero-order chi connectivity index (χ0) is 16.9. The molecule has 0 saturated carbocycles. The molecule has 1 aromatic heterocycles. The van der Waals surface area contributed by atoms with Gasteiger partial charge in [0.15, 0.2) is 0 Å². The number of halogens is 1. The smallest absolute Gasteiger partial charge is 0.255 e. The van der Waals surface area contributed by atoms with Crippen molar-refractivity contribution in [1.29, 1.82) is 0 Å². The average molecular weight is 388 g/mol. The third-order valence-corrected chi connectivity index (χ3v) is 4.87. The fourth-order valence-electron chi connectivity index (χ4n) is 2.99. The Morgan fingerprint density at radius 2 is 1.88 bits per heavy atom. The lowest BCUT2D eigenvalue weighted by atomic mass is 10.2. The Balaban J connectivity index is 1.76. The predicted octanol–water partition coefficient (Wildman–Crippen LogP) is 4.79. The zero-order valence-corrected chi connectivity index (χ0v) is 15.5. The molecule has 0 atom stereocenters. The predicted molar refractivity (Wildman–Crippen MR) is 102 cm³/mol. The molecule has 1 aliphatic rings. The molecule has 1 amide bonds. The minimum atomic E-state index is -0.0982. The van der Waals surface area contributed by atoms with E-state index in [1.807, 2.05) is 31.2 Å². The van der Waals surface area contributed by atoms with Crippen LogP contribution in [0.15, 0.2) is 41.0 Å². The number of amides is 1. The summed E-state index contributed by atoms with van der Waals surface area (Å²) in [5, 5.41) is 2.99. The van der Waals surface area contributed by atoms with E-state index in [0.29, 0.717) is 5.56 Å². The van der Waals surface area contributed by atoms with Gasteiger partial charge in [-0.3, -0.25) is 4.79 Å². The van der Waals surface area contributed by atoms with Crippen LogP contribution in [0, 0.1) is 6.92 Å². The number of pyridine rings is 1. The minimum Gasteiger partial charge on any atom is -0.357 e. The third-order valence-electron chi connectivity index (χ3n) is 4.37. The molecule has 0 radical (unpaired) electrons. The number of aryl methyl sites for hydroxylation is 1. The number of hydrogen-bond acceptors (Lipinski definition) is 3. The fraction of sp³-hybridized carbons (Fsp3) is 0.368. The van der Waals surface area contributed by atoms with Crippen molar-refractivity contribution in [2.45, 2.75) is 32.6 Å². The molecule has 0 bridgehead atoms. The number of nitrogens with one attached hydrogen (secondary N) is 1. The van der Waals surface area contributed by atoms with E-state index >= 15 is 0 Å². The van der Waals surface area contributed by atoms with Crippen LogP contribution < -0.4 is 10.2 Å². The Labute approximate surface area is 151 Å². The highest BCUT2D eigenvalue weighted by atomic mass is 79.9. The Morgan fingerprint density at radius 1 is 1.12 bits per heavy atom. The van der Waals surface area contributed by atoms with Crippen LogP contribution in [0.1, 0.15) is 41.6 Å². The number of benzene rings is 1. The van der Waals surface area contributed by atoms with Gasteiger partial charge in [-0.2, -0.15) is 0 Å². The molecule has 1 saturated heterocycles. The second kappa shape index (κ2) is 7.79. The lowest BCUT2D eigenvalue weighted by Crippen LogP contribution is -2.25. The van der Waals surface area contributed by atoms with Crippen molar-refractivity contribution in [3.05, 3.63) is 52.1 Å². The van der Waals surface area contributed by atoms with E-state index in [1.54, 1.807) is 12.3 Å². The minimum absolute atomic E-state index is 0.0982. The summed E-state index contributed by atoms with van der Waals surface area (Å²) < 4.78 is 1.00. The molecule has 2 aromatic rings. The summed E-state index contributed by atoms with van der Waals surface area (Å²) in [5.41, 5.74) is 2.50. The Kier molecular flexibility index (Phi) is 5.51. The van der Waals surface area contributed by atoms with Crippen LogP contribution in [0.3, 0.4) is 0 Å². The highest BCUT2D eigenvalue weighted by molar-refractivity contribution is 9.10. The van der Waals surface area contributed by atoms with Crippen molar-refractivity contribution >= 4 is 33.3 Å². The normalized spacial score (nSPS) is 15.0. The Bertz CT molecular complexity index is 724. The molecule has 0 aliphatic carbocycles. The first-order valence-electron chi connectivity index (χ1n) is 8.42. The van der Waals surface area contributed by atoms with Crippen molar-refractivity contribution in [2.75, 3.05) is 23.3 Å². The van der Waals surface area contributed by atoms with Gasteiger partial charge in [0, 0.05) is 35.0 Å². The highest BCUT2D eigenvalue weighted by Crippen LogP contribution is 2.22. The summed E-state index contributed by atoms with van der Waals surface area (Å²) in [5.74, 6) is 0.802. The van der Waals surface area contributed by atoms with Gasteiger partial charge in [-0.25, -0.2) is 4.98 Å². The molecule has 3 rings (SSSR count). The Hall–Kier alpha value is -1.88. The summed E-state index contributed by atoms with van der Waals surface area (Å²) >= 11 is 3.44. The molecule has 1 aliphatic heterocycles. The molecule has 1 aromatic carbocycles. The fourth-order valence-corrected chi connectivity index (χ4v) is 3.47. The lowest BCUT2D eigenvalue weighted by molar-refractivity contribution is 0.102. The van der Waals surface area contributed by atoms with Crippen LogP contribution in [-0.4, -0.2) is 24.0 Å². The van der Waals surface area contributed by atoms with E-state index in [-0.39, 0.29) is 5.91 Å². The van der Waals surface area contributed by atoms with Crippen molar-refractivity contribution in [1.82, 2.24) is 4.98 Å². The first-order chi connectivity index (χ1) is 11.6. The monoisotopic (exact) mass is 387 g/mol. The molecule has 2 heterocycles. The second-order valence-corrected chi connectivity index (χ2v) is 7.13. The summed E-state index contributed by atoms with van der Waals surface area (Å²) in [6, 6.07) is 9.50. The highest BCUT2D eigenvalue weighted by Gasteiger charge is 2.14. The largest absolute Gasteiger partial charge is 0.357 e. The van der Waals surface area contributed by atoms with E-state index in [1.165, 1.54) is 25.7 Å².